The maximum absolute atomic E-state index is 13.1. The number of halogens is 1. The molecule has 0 bridgehead atoms. The van der Waals surface area contributed by atoms with E-state index in [9.17, 15) is 23.1 Å². The smallest absolute Gasteiger partial charge is 0.305 e. The second-order valence-electron chi connectivity index (χ2n) is 6.10. The van der Waals surface area contributed by atoms with E-state index in [0.717, 1.165) is 3.79 Å². The third-order valence-electron chi connectivity index (χ3n) is 4.53. The molecule has 1 aliphatic heterocycles. The Labute approximate surface area is 167 Å². The van der Waals surface area contributed by atoms with Crippen molar-refractivity contribution in [2.45, 2.75) is 30.1 Å². The molecule has 3 heterocycles. The number of sulfone groups is 1. The summed E-state index contributed by atoms with van der Waals surface area (Å²) in [5.41, 5.74) is 0.537. The maximum atomic E-state index is 13.1. The predicted octanol–water partition coefficient (Wildman–Crippen LogP) is 3.25. The number of ketones is 1. The number of aliphatic carboxylic acids is 1. The van der Waals surface area contributed by atoms with Crippen LogP contribution in [-0.4, -0.2) is 37.2 Å². The zero-order valence-corrected chi connectivity index (χ0v) is 17.5. The van der Waals surface area contributed by atoms with Gasteiger partial charge in [-0.25, -0.2) is 8.42 Å². The monoisotopic (exact) mass is 477 g/mol. The van der Waals surface area contributed by atoms with Crippen molar-refractivity contribution >= 4 is 60.2 Å². The molecule has 2 atom stereocenters. The van der Waals surface area contributed by atoms with Gasteiger partial charge in [0.05, 0.1) is 16.2 Å². The molecule has 2 unspecified atom stereocenters. The summed E-state index contributed by atoms with van der Waals surface area (Å²) in [5.74, 6) is -1.78. The molecule has 140 valence electrons. The lowest BCUT2D eigenvalue weighted by Crippen LogP contribution is -2.41. The van der Waals surface area contributed by atoms with E-state index in [1.54, 1.807) is 29.0 Å². The normalized spacial score (nSPS) is 25.5. The number of carboxylic acids is 1. The maximum Gasteiger partial charge on any atom is 0.305 e. The topological polar surface area (TPSA) is 101 Å². The highest BCUT2D eigenvalue weighted by molar-refractivity contribution is 9.11. The van der Waals surface area contributed by atoms with E-state index in [2.05, 4.69) is 21.2 Å². The zero-order valence-electron chi connectivity index (χ0n) is 13.5. The van der Waals surface area contributed by atoms with Crippen LogP contribution in [0.5, 0.6) is 0 Å². The molecule has 2 aromatic heterocycles. The molecule has 3 rings (SSSR count). The van der Waals surface area contributed by atoms with Gasteiger partial charge < -0.3 is 5.11 Å². The predicted molar refractivity (Wildman–Crippen MR) is 105 cm³/mol. The highest BCUT2D eigenvalue weighted by Crippen LogP contribution is 2.45. The molecule has 10 heteroatoms. The first-order valence-corrected chi connectivity index (χ1v) is 12.0. The fraction of sp³-hybridized carbons (Fsp3) is 0.375. The average molecular weight is 478 g/mol. The van der Waals surface area contributed by atoms with Crippen LogP contribution in [0, 0.1) is 0 Å². The van der Waals surface area contributed by atoms with Crippen molar-refractivity contribution in [1.82, 2.24) is 5.32 Å². The number of carboxylic acid groups (broad SMARTS) is 1. The van der Waals surface area contributed by atoms with Crippen LogP contribution < -0.4 is 5.32 Å². The summed E-state index contributed by atoms with van der Waals surface area (Å²) in [4.78, 5) is 24.6. The number of hydrogen-bond acceptors (Lipinski definition) is 7. The van der Waals surface area contributed by atoms with Crippen molar-refractivity contribution in [1.29, 1.82) is 0 Å². The number of carbonyl (C=O) groups excluding carboxylic acids is 1. The Kier molecular flexibility index (Phi) is 5.69. The zero-order chi connectivity index (χ0) is 18.9. The first-order chi connectivity index (χ1) is 12.2. The van der Waals surface area contributed by atoms with Crippen LogP contribution in [0.1, 0.15) is 34.5 Å². The van der Waals surface area contributed by atoms with Crippen LogP contribution in [0.25, 0.3) is 0 Å². The first kappa shape index (κ1) is 19.7. The van der Waals surface area contributed by atoms with Gasteiger partial charge in [-0.05, 0) is 52.4 Å². The van der Waals surface area contributed by atoms with Gasteiger partial charge in [0.25, 0.3) is 0 Å². The molecule has 0 spiro atoms. The summed E-state index contributed by atoms with van der Waals surface area (Å²) in [6.45, 7) is 0. The highest BCUT2D eigenvalue weighted by atomic mass is 79.9. The SMILES string of the molecule is O=C(O)CC1(c2ccc(Br)s2)CCC(C(=O)c2ccsc2)NCS1(=O)=O. The van der Waals surface area contributed by atoms with Gasteiger partial charge in [-0.2, -0.15) is 11.3 Å². The van der Waals surface area contributed by atoms with E-state index in [-0.39, 0.29) is 18.6 Å². The fourth-order valence-electron chi connectivity index (χ4n) is 3.18. The Bertz CT molecular complexity index is 922. The number of nitrogens with one attached hydrogen (secondary N) is 1. The van der Waals surface area contributed by atoms with E-state index in [1.807, 2.05) is 0 Å². The van der Waals surface area contributed by atoms with Crippen molar-refractivity contribution in [3.8, 4) is 0 Å². The van der Waals surface area contributed by atoms with Gasteiger partial charge in [0.2, 0.25) is 0 Å². The molecule has 1 fully saturated rings. The van der Waals surface area contributed by atoms with Gasteiger partial charge in [-0.15, -0.1) is 11.3 Å². The Morgan fingerprint density at radius 2 is 2.12 bits per heavy atom. The molecule has 2 aromatic rings. The van der Waals surface area contributed by atoms with E-state index in [4.69, 9.17) is 0 Å². The average Bonchev–Trinajstić information content (AvgIpc) is 3.21. The Morgan fingerprint density at radius 3 is 2.69 bits per heavy atom. The van der Waals surface area contributed by atoms with Crippen molar-refractivity contribution in [2.24, 2.45) is 0 Å². The fourth-order valence-corrected chi connectivity index (χ4v) is 7.67. The minimum absolute atomic E-state index is 0.0716. The number of thiophene rings is 2. The molecule has 0 aliphatic carbocycles. The molecular weight excluding hydrogens is 462 g/mol. The molecule has 0 saturated carbocycles. The molecule has 6 nitrogen and oxygen atoms in total. The van der Waals surface area contributed by atoms with E-state index < -0.39 is 38.9 Å². The summed E-state index contributed by atoms with van der Waals surface area (Å²) in [7, 11) is -3.84. The summed E-state index contributed by atoms with van der Waals surface area (Å²) >= 11 is 5.93. The van der Waals surface area contributed by atoms with E-state index in [1.165, 1.54) is 22.7 Å². The van der Waals surface area contributed by atoms with Crippen LogP contribution in [-0.2, 0) is 19.4 Å². The number of rotatable bonds is 5. The Balaban J connectivity index is 1.99. The van der Waals surface area contributed by atoms with Crippen LogP contribution >= 0.6 is 38.6 Å². The number of hydrogen-bond donors (Lipinski definition) is 2. The van der Waals surface area contributed by atoms with Crippen molar-refractivity contribution in [3.05, 3.63) is 43.2 Å². The van der Waals surface area contributed by atoms with Crippen LogP contribution in [0.2, 0.25) is 0 Å². The molecular formula is C16H16BrNO5S3. The summed E-state index contributed by atoms with van der Waals surface area (Å²) in [6.07, 6.45) is -0.206. The van der Waals surface area contributed by atoms with Gasteiger partial charge in [0, 0.05) is 15.8 Å². The lowest BCUT2D eigenvalue weighted by molar-refractivity contribution is -0.137. The van der Waals surface area contributed by atoms with Crippen molar-refractivity contribution in [3.63, 3.8) is 0 Å². The third kappa shape index (κ3) is 3.65. The first-order valence-electron chi connectivity index (χ1n) is 7.75. The van der Waals surface area contributed by atoms with Gasteiger partial charge >= 0.3 is 5.97 Å². The number of Topliss-reactive ketones (excluding diaryl/α,β-unsaturated/α-hetero) is 1. The van der Waals surface area contributed by atoms with Crippen molar-refractivity contribution < 1.29 is 23.1 Å². The Hall–Kier alpha value is -1.07. The molecule has 26 heavy (non-hydrogen) atoms. The standard InChI is InChI=1S/C16H16BrNO5S3/c17-13-2-1-12(25-13)16(7-14(19)20)5-3-11(18-9-26(16,22)23)15(21)10-4-6-24-8-10/h1-2,4,6,8,11,18H,3,5,7,9H2,(H,19,20). The molecule has 0 radical (unpaired) electrons. The summed E-state index contributed by atoms with van der Waals surface area (Å²) in [6, 6.07) is 4.41. The van der Waals surface area contributed by atoms with Gasteiger partial charge in [0.1, 0.15) is 10.6 Å². The third-order valence-corrected chi connectivity index (χ3v) is 9.48. The molecule has 0 aromatic carbocycles. The van der Waals surface area contributed by atoms with E-state index in [0.29, 0.717) is 10.4 Å². The number of carbonyl (C=O) groups is 2. The Morgan fingerprint density at radius 1 is 1.35 bits per heavy atom. The lowest BCUT2D eigenvalue weighted by atomic mass is 9.92. The van der Waals surface area contributed by atoms with Gasteiger partial charge in [0.15, 0.2) is 15.6 Å². The van der Waals surface area contributed by atoms with Crippen LogP contribution in [0.4, 0.5) is 0 Å². The highest BCUT2D eigenvalue weighted by Gasteiger charge is 2.50. The molecule has 2 N–H and O–H groups in total. The van der Waals surface area contributed by atoms with Crippen LogP contribution in [0.3, 0.4) is 0 Å². The molecule has 1 saturated heterocycles. The molecule has 1 aliphatic rings. The minimum Gasteiger partial charge on any atom is -0.481 e. The second kappa shape index (κ2) is 7.51. The minimum atomic E-state index is -3.84. The van der Waals surface area contributed by atoms with Crippen LogP contribution in [0.15, 0.2) is 32.7 Å². The summed E-state index contributed by atoms with van der Waals surface area (Å²) in [5, 5.41) is 15.7. The summed E-state index contributed by atoms with van der Waals surface area (Å²) < 4.78 is 25.4. The van der Waals surface area contributed by atoms with Gasteiger partial charge in [-0.3, -0.25) is 14.9 Å². The van der Waals surface area contributed by atoms with Gasteiger partial charge in [-0.1, -0.05) is 0 Å². The van der Waals surface area contributed by atoms with E-state index >= 15 is 0 Å². The van der Waals surface area contributed by atoms with Crippen molar-refractivity contribution in [2.75, 3.05) is 5.88 Å². The lowest BCUT2D eigenvalue weighted by Gasteiger charge is -2.29. The molecule has 0 amide bonds. The largest absolute Gasteiger partial charge is 0.481 e. The second-order valence-corrected chi connectivity index (χ2v) is 11.6. The quantitative estimate of drug-likeness (QED) is 0.640.